The highest BCUT2D eigenvalue weighted by Gasteiger charge is 2.19. The first-order valence-corrected chi connectivity index (χ1v) is 10.7. The van der Waals surface area contributed by atoms with Gasteiger partial charge in [0.1, 0.15) is 18.1 Å². The number of carbonyl (C=O) groups is 3. The predicted octanol–water partition coefficient (Wildman–Crippen LogP) is 3.98. The van der Waals surface area contributed by atoms with E-state index in [4.69, 9.17) is 0 Å². The van der Waals surface area contributed by atoms with Gasteiger partial charge < -0.3 is 4.90 Å². The molecule has 7 heteroatoms. The van der Waals surface area contributed by atoms with Gasteiger partial charge in [0.15, 0.2) is 0 Å². The lowest BCUT2D eigenvalue weighted by Crippen LogP contribution is -2.37. The lowest BCUT2D eigenvalue weighted by molar-refractivity contribution is -0.142. The van der Waals surface area contributed by atoms with E-state index < -0.39 is 18.2 Å². The monoisotopic (exact) mass is 444 g/mol. The quantitative estimate of drug-likeness (QED) is 0.389. The summed E-state index contributed by atoms with van der Waals surface area (Å²) in [7, 11) is 1.58. The summed E-state index contributed by atoms with van der Waals surface area (Å²) in [5.74, 6) is -1.51. The van der Waals surface area contributed by atoms with Crippen molar-refractivity contribution in [2.45, 2.75) is 46.0 Å². The van der Waals surface area contributed by atoms with Crippen molar-refractivity contribution in [2.24, 2.45) is 0 Å². The van der Waals surface area contributed by atoms with E-state index in [2.05, 4.69) is 0 Å². The van der Waals surface area contributed by atoms with Crippen LogP contribution in [0.1, 0.15) is 41.5 Å². The van der Waals surface area contributed by atoms with Crippen LogP contribution >= 0.6 is 0 Å². The molecule has 2 aromatic carbocycles. The first-order chi connectivity index (χ1) is 15.2. The van der Waals surface area contributed by atoms with Crippen LogP contribution in [0.25, 0.3) is 0 Å². The average Bonchev–Trinajstić information content (AvgIpc) is 2.76. The highest BCUT2D eigenvalue weighted by Crippen LogP contribution is 2.15. The minimum Gasteiger partial charge on any atom is -0.345 e. The maximum atomic E-state index is 14.1. The molecule has 5 nitrogen and oxygen atoms in total. The minimum atomic E-state index is -0.591. The summed E-state index contributed by atoms with van der Waals surface area (Å²) in [6, 6.07) is 10.3. The number of carbonyl (C=O) groups excluding carboxylic acids is 3. The van der Waals surface area contributed by atoms with Gasteiger partial charge in [0, 0.05) is 20.1 Å². The smallest absolute Gasteiger partial charge is 0.238 e. The molecule has 0 heterocycles. The van der Waals surface area contributed by atoms with Crippen molar-refractivity contribution in [3.8, 4) is 0 Å². The van der Waals surface area contributed by atoms with E-state index in [0.717, 1.165) is 4.90 Å². The third-order valence-corrected chi connectivity index (χ3v) is 5.50. The number of benzene rings is 2. The summed E-state index contributed by atoms with van der Waals surface area (Å²) in [5.41, 5.74) is 2.25. The Hall–Kier alpha value is -3.09. The highest BCUT2D eigenvalue weighted by atomic mass is 19.1. The zero-order chi connectivity index (χ0) is 23.7. The van der Waals surface area contributed by atoms with Crippen LogP contribution < -0.4 is 0 Å². The van der Waals surface area contributed by atoms with Gasteiger partial charge in [-0.05, 0) is 61.8 Å². The van der Waals surface area contributed by atoms with Gasteiger partial charge in [0.05, 0.1) is 0 Å². The van der Waals surface area contributed by atoms with Crippen molar-refractivity contribution in [3.05, 3.63) is 70.3 Å². The highest BCUT2D eigenvalue weighted by molar-refractivity contribution is 6.00. The van der Waals surface area contributed by atoms with Gasteiger partial charge in [0.2, 0.25) is 18.2 Å². The summed E-state index contributed by atoms with van der Waals surface area (Å²) < 4.78 is 28.1. The predicted molar refractivity (Wildman–Crippen MR) is 119 cm³/mol. The Kier molecular flexibility index (Phi) is 9.50. The van der Waals surface area contributed by atoms with E-state index in [0.29, 0.717) is 60.9 Å². The Morgan fingerprint density at radius 3 is 1.84 bits per heavy atom. The molecule has 0 radical (unpaired) electrons. The molecule has 172 valence electrons. The van der Waals surface area contributed by atoms with Gasteiger partial charge in [-0.3, -0.25) is 19.3 Å². The number of imide groups is 1. The zero-order valence-corrected chi connectivity index (χ0v) is 18.9. The molecule has 0 N–H and O–H groups in total. The van der Waals surface area contributed by atoms with Gasteiger partial charge in [-0.2, -0.15) is 0 Å². The number of halogens is 2. The Balaban J connectivity index is 1.78. The molecule has 32 heavy (non-hydrogen) atoms. The van der Waals surface area contributed by atoms with E-state index in [1.54, 1.807) is 57.3 Å². The first kappa shape index (κ1) is 25.2. The van der Waals surface area contributed by atoms with E-state index in [9.17, 15) is 23.2 Å². The lowest BCUT2D eigenvalue weighted by Gasteiger charge is -2.20. The van der Waals surface area contributed by atoms with Crippen molar-refractivity contribution in [2.75, 3.05) is 20.1 Å². The van der Waals surface area contributed by atoms with Crippen LogP contribution in [0.3, 0.4) is 0 Å². The molecule has 0 aliphatic rings. The van der Waals surface area contributed by atoms with Crippen molar-refractivity contribution >= 4 is 18.2 Å². The fourth-order valence-corrected chi connectivity index (χ4v) is 3.48. The molecule has 0 aliphatic carbocycles. The molecule has 0 saturated carbocycles. The van der Waals surface area contributed by atoms with E-state index in [1.165, 1.54) is 4.90 Å². The van der Waals surface area contributed by atoms with Crippen molar-refractivity contribution in [1.82, 2.24) is 9.80 Å². The Labute approximate surface area is 188 Å². The van der Waals surface area contributed by atoms with Gasteiger partial charge >= 0.3 is 0 Å². The number of amides is 3. The molecule has 0 aliphatic heterocycles. The van der Waals surface area contributed by atoms with Crippen molar-refractivity contribution in [3.63, 3.8) is 0 Å². The number of hydrogen-bond acceptors (Lipinski definition) is 3. The maximum Gasteiger partial charge on any atom is 0.238 e. The normalized spacial score (nSPS) is 10.7. The molecule has 0 unspecified atom stereocenters. The fraction of sp³-hybridized carbons (Fsp3) is 0.400. The number of hydrogen-bond donors (Lipinski definition) is 0. The average molecular weight is 445 g/mol. The number of aryl methyl sites for hydroxylation is 4. The molecule has 0 spiro atoms. The molecule has 3 amide bonds. The van der Waals surface area contributed by atoms with Crippen LogP contribution in [0.15, 0.2) is 36.4 Å². The lowest BCUT2D eigenvalue weighted by atomic mass is 10.1. The summed E-state index contributed by atoms with van der Waals surface area (Å²) in [5, 5.41) is 0. The largest absolute Gasteiger partial charge is 0.345 e. The van der Waals surface area contributed by atoms with Gasteiger partial charge in [-0.1, -0.05) is 36.4 Å². The Bertz CT molecular complexity index is 962. The Morgan fingerprint density at radius 1 is 0.844 bits per heavy atom. The molecule has 0 saturated heterocycles. The zero-order valence-electron chi connectivity index (χ0n) is 18.9. The second-order valence-corrected chi connectivity index (χ2v) is 7.99. The maximum absolute atomic E-state index is 14.1. The van der Waals surface area contributed by atoms with E-state index >= 15 is 0 Å². The van der Waals surface area contributed by atoms with Crippen LogP contribution in [0.4, 0.5) is 8.78 Å². The van der Waals surface area contributed by atoms with E-state index in [-0.39, 0.29) is 18.2 Å². The summed E-state index contributed by atoms with van der Waals surface area (Å²) >= 11 is 0. The van der Waals surface area contributed by atoms with E-state index in [1.807, 2.05) is 0 Å². The molecule has 0 bridgehead atoms. The SMILES string of the molecule is Cc1cccc(CCCN(C)C(=O)CC(=O)N(C=O)CCCc2cccc(C)c2F)c1F. The first-order valence-electron chi connectivity index (χ1n) is 10.7. The Morgan fingerprint density at radius 2 is 1.34 bits per heavy atom. The molecule has 2 aromatic rings. The minimum absolute atomic E-state index is 0.110. The second-order valence-electron chi connectivity index (χ2n) is 7.99. The second kappa shape index (κ2) is 12.1. The van der Waals surface area contributed by atoms with Crippen LogP contribution in [0.2, 0.25) is 0 Å². The topological polar surface area (TPSA) is 57.7 Å². The van der Waals surface area contributed by atoms with Crippen LogP contribution in [-0.2, 0) is 27.2 Å². The number of rotatable bonds is 11. The van der Waals surface area contributed by atoms with Crippen LogP contribution in [0, 0.1) is 25.5 Å². The van der Waals surface area contributed by atoms with Crippen LogP contribution in [-0.4, -0.2) is 48.2 Å². The fourth-order valence-electron chi connectivity index (χ4n) is 3.48. The third kappa shape index (κ3) is 6.97. The van der Waals surface area contributed by atoms with Gasteiger partial charge in [-0.25, -0.2) is 8.78 Å². The van der Waals surface area contributed by atoms with Gasteiger partial charge in [-0.15, -0.1) is 0 Å². The van der Waals surface area contributed by atoms with Crippen molar-refractivity contribution < 1.29 is 23.2 Å². The molecule has 2 rings (SSSR count). The van der Waals surface area contributed by atoms with Gasteiger partial charge in [0.25, 0.3) is 0 Å². The summed E-state index contributed by atoms with van der Waals surface area (Å²) in [6.45, 7) is 3.86. The molecule has 0 aromatic heterocycles. The number of nitrogens with zero attached hydrogens (tertiary/aromatic N) is 2. The summed E-state index contributed by atoms with van der Waals surface area (Å²) in [6.07, 6.45) is 1.80. The molecule has 0 atom stereocenters. The molecular weight excluding hydrogens is 414 g/mol. The molecule has 0 fully saturated rings. The van der Waals surface area contributed by atoms with Crippen LogP contribution in [0.5, 0.6) is 0 Å². The van der Waals surface area contributed by atoms with Crippen molar-refractivity contribution in [1.29, 1.82) is 0 Å². The molecular formula is C25H30F2N2O3. The summed E-state index contributed by atoms with van der Waals surface area (Å²) in [4.78, 5) is 38.4. The third-order valence-electron chi connectivity index (χ3n) is 5.50. The standard InChI is InChI=1S/C25H30F2N2O3/c1-18-8-4-10-20(24(18)26)12-6-14-28(3)22(31)16-23(32)29(17-30)15-7-13-21-11-5-9-19(2)25(21)27/h4-5,8-11,17H,6-7,12-16H2,1-3H3.